The summed E-state index contributed by atoms with van der Waals surface area (Å²) in [6.45, 7) is 5.96. The van der Waals surface area contributed by atoms with Gasteiger partial charge in [0.1, 0.15) is 11.6 Å². The molecule has 0 aliphatic carbocycles. The second-order valence-electron chi connectivity index (χ2n) is 7.92. The molecular weight excluding hydrogens is 396 g/mol. The highest BCUT2D eigenvalue weighted by atomic mass is 16.5. The number of nitrogens with zero attached hydrogens (tertiary/aromatic N) is 4. The van der Waals surface area contributed by atoms with E-state index in [0.29, 0.717) is 43.0 Å². The van der Waals surface area contributed by atoms with Crippen molar-refractivity contribution in [1.29, 1.82) is 0 Å². The molecule has 0 saturated carbocycles. The van der Waals surface area contributed by atoms with E-state index in [2.05, 4.69) is 25.7 Å². The molecule has 2 amide bonds. The summed E-state index contributed by atoms with van der Waals surface area (Å²) >= 11 is 0. The number of likely N-dealkylation sites (tertiary alicyclic amines) is 1. The van der Waals surface area contributed by atoms with Crippen molar-refractivity contribution >= 4 is 11.8 Å². The van der Waals surface area contributed by atoms with Gasteiger partial charge in [0.2, 0.25) is 5.91 Å². The lowest BCUT2D eigenvalue weighted by Crippen LogP contribution is -2.38. The number of nitrogens with one attached hydrogen (secondary N) is 2. The molecule has 1 fully saturated rings. The number of benzene rings is 1. The number of carbonyl (C=O) groups is 2. The van der Waals surface area contributed by atoms with Crippen LogP contribution in [0.1, 0.15) is 57.9 Å². The molecule has 2 unspecified atom stereocenters. The fraction of sp³-hybridized carbons (Fsp3) is 0.409. The zero-order valence-corrected chi connectivity index (χ0v) is 17.9. The highest BCUT2D eigenvalue weighted by Crippen LogP contribution is 2.31. The lowest BCUT2D eigenvalue weighted by molar-refractivity contribution is -0.132. The minimum absolute atomic E-state index is 0.0103. The predicted molar refractivity (Wildman–Crippen MR) is 112 cm³/mol. The van der Waals surface area contributed by atoms with E-state index in [4.69, 9.17) is 4.52 Å². The van der Waals surface area contributed by atoms with Crippen LogP contribution in [0.5, 0.6) is 0 Å². The van der Waals surface area contributed by atoms with E-state index in [1.807, 2.05) is 39.0 Å². The zero-order chi connectivity index (χ0) is 22.0. The topological polar surface area (TPSA) is 117 Å². The van der Waals surface area contributed by atoms with Gasteiger partial charge in [-0.25, -0.2) is 4.98 Å². The molecule has 9 nitrogen and oxygen atoms in total. The number of carbonyl (C=O) groups excluding carboxylic acids is 2. The molecule has 1 aliphatic rings. The highest BCUT2D eigenvalue weighted by Gasteiger charge is 2.39. The van der Waals surface area contributed by atoms with Crippen LogP contribution < -0.4 is 5.32 Å². The van der Waals surface area contributed by atoms with E-state index >= 15 is 0 Å². The number of aryl methyl sites for hydroxylation is 3. The Morgan fingerprint density at radius 2 is 2.00 bits per heavy atom. The Kier molecular flexibility index (Phi) is 5.83. The molecule has 162 valence electrons. The number of aromatic amines is 1. The Morgan fingerprint density at radius 3 is 2.65 bits per heavy atom. The van der Waals surface area contributed by atoms with E-state index < -0.39 is 0 Å². The van der Waals surface area contributed by atoms with E-state index in [9.17, 15) is 9.59 Å². The summed E-state index contributed by atoms with van der Waals surface area (Å²) in [6, 6.07) is 8.59. The first-order valence-electron chi connectivity index (χ1n) is 10.4. The molecule has 0 spiro atoms. The highest BCUT2D eigenvalue weighted by molar-refractivity contribution is 5.94. The van der Waals surface area contributed by atoms with E-state index in [1.165, 1.54) is 0 Å². The minimum Gasteiger partial charge on any atom is -0.361 e. The van der Waals surface area contributed by atoms with Gasteiger partial charge in [0, 0.05) is 30.1 Å². The number of hydrogen-bond donors (Lipinski definition) is 2. The van der Waals surface area contributed by atoms with Gasteiger partial charge in [-0.2, -0.15) is 5.10 Å². The average Bonchev–Trinajstić information content (AvgIpc) is 3.46. The molecule has 3 aromatic rings. The number of hydrogen-bond acceptors (Lipinski definition) is 6. The molecule has 4 rings (SSSR count). The molecule has 1 aromatic carbocycles. The van der Waals surface area contributed by atoms with Gasteiger partial charge < -0.3 is 14.7 Å². The second-order valence-corrected chi connectivity index (χ2v) is 7.92. The maximum atomic E-state index is 13.2. The summed E-state index contributed by atoms with van der Waals surface area (Å²) in [4.78, 5) is 32.0. The van der Waals surface area contributed by atoms with Crippen LogP contribution in [-0.4, -0.2) is 49.6 Å². The Morgan fingerprint density at radius 1 is 1.23 bits per heavy atom. The van der Waals surface area contributed by atoms with Gasteiger partial charge in [-0.05, 0) is 45.7 Å². The molecule has 1 saturated heterocycles. The van der Waals surface area contributed by atoms with Crippen LogP contribution in [0.4, 0.5) is 0 Å². The average molecular weight is 422 g/mol. The summed E-state index contributed by atoms with van der Waals surface area (Å²) in [5, 5.41) is 14.1. The molecule has 31 heavy (non-hydrogen) atoms. The molecule has 0 bridgehead atoms. The van der Waals surface area contributed by atoms with Crippen LogP contribution in [0.25, 0.3) is 0 Å². The third kappa shape index (κ3) is 4.50. The smallest absolute Gasteiger partial charge is 0.251 e. The maximum absolute atomic E-state index is 13.2. The molecule has 1 aliphatic heterocycles. The van der Waals surface area contributed by atoms with Gasteiger partial charge >= 0.3 is 0 Å². The minimum atomic E-state index is -0.289. The van der Waals surface area contributed by atoms with Crippen LogP contribution >= 0.6 is 0 Å². The largest absolute Gasteiger partial charge is 0.361 e. The van der Waals surface area contributed by atoms with Crippen LogP contribution in [0.3, 0.4) is 0 Å². The zero-order valence-electron chi connectivity index (χ0n) is 17.9. The van der Waals surface area contributed by atoms with E-state index in [-0.39, 0.29) is 23.9 Å². The van der Waals surface area contributed by atoms with Crippen molar-refractivity contribution in [1.82, 2.24) is 30.6 Å². The predicted octanol–water partition coefficient (Wildman–Crippen LogP) is 2.42. The van der Waals surface area contributed by atoms with Crippen LogP contribution in [0.2, 0.25) is 0 Å². The Hall–Kier alpha value is -3.49. The summed E-state index contributed by atoms with van der Waals surface area (Å²) in [6.07, 6.45) is 1.44. The fourth-order valence-corrected chi connectivity index (χ4v) is 4.06. The monoisotopic (exact) mass is 422 g/mol. The standard InChI is InChI=1S/C22H26N6O3/c1-13-18(14(2)31-27-13)9-10-20(29)28-12-17(11-19(28)21-23-15(3)25-26-21)24-22(30)16-7-5-4-6-8-16/h4-8,17,19H,9-12H2,1-3H3,(H,24,30)(H,23,25,26). The number of H-pyrrole nitrogens is 1. The van der Waals surface area contributed by atoms with Crippen molar-refractivity contribution in [3.05, 3.63) is 64.6 Å². The van der Waals surface area contributed by atoms with Crippen molar-refractivity contribution in [2.24, 2.45) is 0 Å². The van der Waals surface area contributed by atoms with Gasteiger partial charge in [0.25, 0.3) is 5.91 Å². The lowest BCUT2D eigenvalue weighted by atomic mass is 10.1. The molecular formula is C22H26N6O3. The Labute approximate surface area is 180 Å². The van der Waals surface area contributed by atoms with Crippen LogP contribution in [0.15, 0.2) is 34.9 Å². The molecule has 2 atom stereocenters. The SMILES string of the molecule is Cc1nc(C2CC(NC(=O)c3ccccc3)CN2C(=O)CCc2c(C)noc2C)n[nH]1. The van der Waals surface area contributed by atoms with Crippen LogP contribution in [0, 0.1) is 20.8 Å². The second kappa shape index (κ2) is 8.71. The van der Waals surface area contributed by atoms with Crippen molar-refractivity contribution in [3.63, 3.8) is 0 Å². The van der Waals surface area contributed by atoms with E-state index in [0.717, 1.165) is 17.0 Å². The molecule has 2 N–H and O–H groups in total. The van der Waals surface area contributed by atoms with Gasteiger partial charge in [-0.3, -0.25) is 14.7 Å². The van der Waals surface area contributed by atoms with Crippen LogP contribution in [-0.2, 0) is 11.2 Å². The number of aromatic nitrogens is 4. The first kappa shape index (κ1) is 20.8. The third-order valence-electron chi connectivity index (χ3n) is 5.68. The van der Waals surface area contributed by atoms with E-state index in [1.54, 1.807) is 17.0 Å². The molecule has 3 heterocycles. The van der Waals surface area contributed by atoms with Crippen molar-refractivity contribution in [2.75, 3.05) is 6.54 Å². The third-order valence-corrected chi connectivity index (χ3v) is 5.68. The van der Waals surface area contributed by atoms with Gasteiger partial charge in [0.15, 0.2) is 5.82 Å². The molecule has 9 heteroatoms. The summed E-state index contributed by atoms with van der Waals surface area (Å²) in [5.74, 6) is 1.83. The molecule has 2 aromatic heterocycles. The summed E-state index contributed by atoms with van der Waals surface area (Å²) in [7, 11) is 0. The fourth-order valence-electron chi connectivity index (χ4n) is 4.06. The first-order chi connectivity index (χ1) is 14.9. The maximum Gasteiger partial charge on any atom is 0.251 e. The van der Waals surface area contributed by atoms with Gasteiger partial charge in [-0.1, -0.05) is 23.4 Å². The first-order valence-corrected chi connectivity index (χ1v) is 10.4. The number of amides is 2. The van der Waals surface area contributed by atoms with Gasteiger partial charge in [-0.15, -0.1) is 0 Å². The quantitative estimate of drug-likeness (QED) is 0.630. The van der Waals surface area contributed by atoms with Crippen molar-refractivity contribution < 1.29 is 14.1 Å². The van der Waals surface area contributed by atoms with Crippen molar-refractivity contribution in [2.45, 2.75) is 52.1 Å². The summed E-state index contributed by atoms with van der Waals surface area (Å²) < 4.78 is 5.20. The normalized spacial score (nSPS) is 18.4. The van der Waals surface area contributed by atoms with Gasteiger partial charge in [0.05, 0.1) is 11.7 Å². The Balaban J connectivity index is 1.48. The summed E-state index contributed by atoms with van der Waals surface area (Å²) in [5.41, 5.74) is 2.36. The molecule has 0 radical (unpaired) electrons. The number of rotatable bonds is 6. The Bertz CT molecular complexity index is 1050. The lowest BCUT2D eigenvalue weighted by Gasteiger charge is -2.22. The van der Waals surface area contributed by atoms with Crippen molar-refractivity contribution in [3.8, 4) is 0 Å².